The van der Waals surface area contributed by atoms with Crippen molar-refractivity contribution < 1.29 is 23.4 Å². The normalized spacial score (nSPS) is 19.1. The van der Waals surface area contributed by atoms with Crippen LogP contribution >= 0.6 is 0 Å². The largest absolute Gasteiger partial charge is 0.489 e. The Balaban J connectivity index is 1.39. The van der Waals surface area contributed by atoms with Gasteiger partial charge in [0.15, 0.2) is 5.79 Å². The molecule has 0 bridgehead atoms. The molecule has 3 aromatic rings. The van der Waals surface area contributed by atoms with Gasteiger partial charge in [-0.25, -0.2) is 4.39 Å². The van der Waals surface area contributed by atoms with Gasteiger partial charge in [-0.2, -0.15) is 0 Å². The molecule has 0 spiro atoms. The van der Waals surface area contributed by atoms with Gasteiger partial charge in [-0.15, -0.1) is 0 Å². The molecule has 5 rings (SSSR count). The highest BCUT2D eigenvalue weighted by Gasteiger charge is 2.39. The maximum atomic E-state index is 15.8. The molecule has 1 fully saturated rings. The Hall–Kier alpha value is -3.95. The van der Waals surface area contributed by atoms with Crippen molar-refractivity contribution in [1.82, 2.24) is 9.88 Å². The fourth-order valence-corrected chi connectivity index (χ4v) is 5.24. The average Bonchev–Trinajstić information content (AvgIpc) is 3.33. The fraction of sp³-hybridized carbons (Fsp3) is 0.394. The molecule has 1 amide bonds. The van der Waals surface area contributed by atoms with Crippen LogP contribution < -0.4 is 4.74 Å². The first kappa shape index (κ1) is 29.5. The number of aromatic nitrogens is 1. The zero-order valence-electron chi connectivity index (χ0n) is 24.5. The third kappa shape index (κ3) is 6.74. The molecule has 1 saturated heterocycles. The van der Waals surface area contributed by atoms with Gasteiger partial charge in [0.25, 0.3) is 5.91 Å². The zero-order chi connectivity index (χ0) is 29.9. The van der Waals surface area contributed by atoms with Crippen LogP contribution in [0, 0.1) is 11.2 Å². The van der Waals surface area contributed by atoms with Crippen molar-refractivity contribution in [2.24, 2.45) is 4.99 Å². The number of halogens is 1. The third-order valence-electron chi connectivity index (χ3n) is 7.54. The Morgan fingerprint density at radius 3 is 2.52 bits per heavy atom. The summed E-state index contributed by atoms with van der Waals surface area (Å²) in [5.41, 5.74) is 3.11. The second-order valence-corrected chi connectivity index (χ2v) is 11.4. The minimum absolute atomic E-state index is 0.0609. The predicted molar refractivity (Wildman–Crippen MR) is 159 cm³/mol. The first-order valence-corrected chi connectivity index (χ1v) is 14.3. The summed E-state index contributed by atoms with van der Waals surface area (Å²) < 4.78 is 33.3. The molecule has 2 aliphatic rings. The number of amides is 1. The predicted octanol–water partition coefficient (Wildman–Crippen LogP) is 5.51. The molecule has 3 heterocycles. The molecule has 9 heteroatoms. The summed E-state index contributed by atoms with van der Waals surface area (Å²) in [6, 6.07) is 16.1. The number of hydrogen-bond donors (Lipinski definition) is 1. The Kier molecular flexibility index (Phi) is 8.80. The van der Waals surface area contributed by atoms with Crippen LogP contribution in [0.3, 0.4) is 0 Å². The summed E-state index contributed by atoms with van der Waals surface area (Å²) in [5.74, 6) is -1.85. The maximum absolute atomic E-state index is 15.8. The van der Waals surface area contributed by atoms with Gasteiger partial charge in [0.05, 0.1) is 24.8 Å². The molecule has 0 aliphatic carbocycles. The van der Waals surface area contributed by atoms with E-state index in [1.54, 1.807) is 41.6 Å². The molecule has 220 valence electrons. The van der Waals surface area contributed by atoms with Crippen molar-refractivity contribution in [2.75, 3.05) is 26.2 Å². The highest BCUT2D eigenvalue weighted by Crippen LogP contribution is 2.31. The van der Waals surface area contributed by atoms with Crippen LogP contribution in [0.25, 0.3) is 0 Å². The lowest BCUT2D eigenvalue weighted by Gasteiger charge is -2.32. The molecular weight excluding hydrogens is 535 g/mol. The van der Waals surface area contributed by atoms with Gasteiger partial charge < -0.3 is 24.5 Å². The number of hydrogen-bond acceptors (Lipinski definition) is 7. The third-order valence-corrected chi connectivity index (χ3v) is 7.54. The summed E-state index contributed by atoms with van der Waals surface area (Å²) in [6.45, 7) is 9.69. The summed E-state index contributed by atoms with van der Waals surface area (Å²) in [6.07, 6.45) is 2.85. The van der Waals surface area contributed by atoms with Crippen molar-refractivity contribution in [3.05, 3.63) is 95.1 Å². The molecule has 2 unspecified atom stereocenters. The molecule has 42 heavy (non-hydrogen) atoms. The Morgan fingerprint density at radius 2 is 1.88 bits per heavy atom. The topological polar surface area (TPSA) is 97.1 Å². The van der Waals surface area contributed by atoms with E-state index in [1.807, 2.05) is 26.0 Å². The number of carbonyl (C=O) groups is 1. The zero-order valence-corrected chi connectivity index (χ0v) is 24.5. The number of nitrogens with one attached hydrogen (secondary N) is 1. The van der Waals surface area contributed by atoms with E-state index in [0.717, 1.165) is 5.56 Å². The number of nitrogens with zero attached hydrogens (tertiary/aromatic N) is 3. The maximum Gasteiger partial charge on any atom is 0.268 e. The number of aliphatic imine (C=N–C) groups is 1. The van der Waals surface area contributed by atoms with Crippen LogP contribution in [0.15, 0.2) is 72.0 Å². The van der Waals surface area contributed by atoms with Crippen molar-refractivity contribution in [2.45, 2.75) is 58.0 Å². The molecule has 2 aromatic carbocycles. The summed E-state index contributed by atoms with van der Waals surface area (Å²) in [7, 11) is 0. The van der Waals surface area contributed by atoms with Crippen LogP contribution in [-0.4, -0.2) is 65.3 Å². The number of ether oxygens (including phenoxy) is 3. The second kappa shape index (κ2) is 12.5. The first-order chi connectivity index (χ1) is 20.1. The molecule has 0 radical (unpaired) electrons. The minimum atomic E-state index is -1.02. The van der Waals surface area contributed by atoms with Gasteiger partial charge in [-0.3, -0.25) is 14.8 Å². The van der Waals surface area contributed by atoms with Gasteiger partial charge >= 0.3 is 0 Å². The molecule has 1 N–H and O–H groups in total. The van der Waals surface area contributed by atoms with Crippen molar-refractivity contribution in [1.29, 1.82) is 5.41 Å². The van der Waals surface area contributed by atoms with E-state index >= 15 is 4.39 Å². The van der Waals surface area contributed by atoms with E-state index in [1.165, 1.54) is 11.6 Å². The Morgan fingerprint density at radius 1 is 1.14 bits per heavy atom. The van der Waals surface area contributed by atoms with E-state index in [-0.39, 0.29) is 35.6 Å². The minimum Gasteiger partial charge on any atom is -0.489 e. The first-order valence-electron chi connectivity index (χ1n) is 14.3. The number of pyridine rings is 1. The fourth-order valence-electron chi connectivity index (χ4n) is 5.24. The van der Waals surface area contributed by atoms with Crippen LogP contribution in [0.4, 0.5) is 4.39 Å². The Labute approximate surface area is 246 Å². The van der Waals surface area contributed by atoms with Crippen molar-refractivity contribution >= 4 is 17.3 Å². The molecule has 8 nitrogen and oxygen atoms in total. The summed E-state index contributed by atoms with van der Waals surface area (Å²) in [4.78, 5) is 24.0. The average molecular weight is 573 g/mol. The lowest BCUT2D eigenvalue weighted by atomic mass is 9.84. The van der Waals surface area contributed by atoms with E-state index in [2.05, 4.69) is 36.0 Å². The quantitative estimate of drug-likeness (QED) is 0.323. The van der Waals surface area contributed by atoms with E-state index < -0.39 is 17.5 Å². The van der Waals surface area contributed by atoms with Crippen LogP contribution in [-0.2, 0) is 20.9 Å². The van der Waals surface area contributed by atoms with Crippen molar-refractivity contribution in [3.8, 4) is 5.75 Å². The standard InChI is InChI=1S/C33H37FN4O4/c1-21(2)23-7-5-22(6-8-23)19-40-25-9-10-27(28(34)17-25)29(30(35)24-11-13-36-14-12-24)31-32(39)38(16-15-37-31)18-26-20-41-33(3,4)42-26/h5-14,17,21,26,29,35H,15-16,18-20H2,1-4H3. The van der Waals surface area contributed by atoms with Crippen LogP contribution in [0.1, 0.15) is 61.8 Å². The van der Waals surface area contributed by atoms with E-state index in [9.17, 15) is 4.79 Å². The van der Waals surface area contributed by atoms with Gasteiger partial charge in [0, 0.05) is 37.1 Å². The molecule has 0 saturated carbocycles. The molecule has 2 atom stereocenters. The summed E-state index contributed by atoms with van der Waals surface area (Å²) >= 11 is 0. The second-order valence-electron chi connectivity index (χ2n) is 11.4. The highest BCUT2D eigenvalue weighted by molar-refractivity contribution is 6.46. The smallest absolute Gasteiger partial charge is 0.268 e. The monoisotopic (exact) mass is 572 g/mol. The number of rotatable bonds is 10. The SMILES string of the molecule is CC(C)c1ccc(COc2ccc(C(C(=N)c3ccncc3)C3=NCCN(CC4COC(C)(C)O4)C3=O)c(F)c2)cc1. The number of benzene rings is 2. The van der Waals surface area contributed by atoms with Gasteiger partial charge in [0.2, 0.25) is 0 Å². The van der Waals surface area contributed by atoms with Gasteiger partial charge in [0.1, 0.15) is 30.0 Å². The highest BCUT2D eigenvalue weighted by atomic mass is 19.1. The molecule has 1 aromatic heterocycles. The molecular formula is C33H37FN4O4. The molecule has 2 aliphatic heterocycles. The Bertz CT molecular complexity index is 1460. The van der Waals surface area contributed by atoms with E-state index in [4.69, 9.17) is 19.6 Å². The van der Waals surface area contributed by atoms with Gasteiger partial charge in [-0.1, -0.05) is 44.2 Å². The van der Waals surface area contributed by atoms with Crippen LogP contribution in [0.5, 0.6) is 5.75 Å². The van der Waals surface area contributed by atoms with Gasteiger partial charge in [-0.05, 0) is 54.7 Å². The van der Waals surface area contributed by atoms with Crippen LogP contribution in [0.2, 0.25) is 0 Å². The number of carbonyl (C=O) groups excluding carboxylic acids is 1. The summed E-state index contributed by atoms with van der Waals surface area (Å²) in [5, 5.41) is 9.06. The lowest BCUT2D eigenvalue weighted by molar-refractivity contribution is -0.144. The van der Waals surface area contributed by atoms with Crippen molar-refractivity contribution in [3.63, 3.8) is 0 Å². The van der Waals surface area contributed by atoms with E-state index in [0.29, 0.717) is 43.5 Å². The lowest BCUT2D eigenvalue weighted by Crippen LogP contribution is -2.49.